The second kappa shape index (κ2) is 6.48. The van der Waals surface area contributed by atoms with Crippen LogP contribution < -0.4 is 22.0 Å². The molecule has 2 atom stereocenters. The van der Waals surface area contributed by atoms with Crippen LogP contribution in [0.1, 0.15) is 37.3 Å². The highest BCUT2D eigenvalue weighted by Gasteiger charge is 2.42. The summed E-state index contributed by atoms with van der Waals surface area (Å²) in [4.78, 5) is 40.2. The molecule has 1 saturated carbocycles. The number of fused-ring (bicyclic) bond motifs is 2. The normalized spacial score (nSPS) is 23.8. The van der Waals surface area contributed by atoms with Crippen molar-refractivity contribution >= 4 is 22.7 Å². The highest BCUT2D eigenvalue weighted by Crippen LogP contribution is 2.40. The molecule has 1 amide bonds. The number of hydrogen-bond donors (Lipinski definition) is 2. The van der Waals surface area contributed by atoms with E-state index in [1.165, 1.54) is 15.5 Å². The van der Waals surface area contributed by atoms with Crippen LogP contribution in [-0.4, -0.2) is 51.0 Å². The molecule has 10 heteroatoms. The van der Waals surface area contributed by atoms with Crippen LogP contribution in [0.25, 0.3) is 10.9 Å². The molecule has 1 aromatic carbocycles. The first-order valence-electron chi connectivity index (χ1n) is 10.3. The third-order valence-electron chi connectivity index (χ3n) is 6.82. The topological polar surface area (TPSA) is 114 Å². The van der Waals surface area contributed by atoms with Crippen LogP contribution in [0.5, 0.6) is 0 Å². The molecule has 2 aromatic rings. The first-order valence-corrected chi connectivity index (χ1v) is 10.3. The van der Waals surface area contributed by atoms with Gasteiger partial charge in [0.05, 0.1) is 22.6 Å². The van der Waals surface area contributed by atoms with Gasteiger partial charge in [-0.2, -0.15) is 4.68 Å². The standard InChI is InChI=1S/C20H24FN5O4/c1-10-16-13(18(27)26(22)19(28)25(16)12-4-5-12)7-14(21)17(10)23-8-11-3-2-6-24(20(29)30)15(11)9-23/h7,11-12,15H,2-6,8-9,22H2,1H3,(H,29,30). The zero-order chi connectivity index (χ0) is 21.3. The number of amides is 1. The highest BCUT2D eigenvalue weighted by molar-refractivity contribution is 5.87. The number of carboxylic acid groups (broad SMARTS) is 1. The third-order valence-corrected chi connectivity index (χ3v) is 6.82. The van der Waals surface area contributed by atoms with Crippen molar-refractivity contribution < 1.29 is 14.3 Å². The van der Waals surface area contributed by atoms with Crippen LogP contribution in [-0.2, 0) is 0 Å². The molecule has 0 bridgehead atoms. The minimum atomic E-state index is -0.951. The molecular weight excluding hydrogens is 393 g/mol. The fourth-order valence-electron chi connectivity index (χ4n) is 5.32. The molecule has 1 aliphatic carbocycles. The first-order chi connectivity index (χ1) is 14.3. The fourth-order valence-corrected chi connectivity index (χ4v) is 5.32. The summed E-state index contributed by atoms with van der Waals surface area (Å²) in [5, 5.41) is 9.62. The van der Waals surface area contributed by atoms with E-state index >= 15 is 4.39 Å². The Morgan fingerprint density at radius 2 is 1.97 bits per heavy atom. The summed E-state index contributed by atoms with van der Waals surface area (Å²) in [7, 11) is 0. The van der Waals surface area contributed by atoms with E-state index in [0.29, 0.717) is 41.1 Å². The van der Waals surface area contributed by atoms with E-state index in [9.17, 15) is 19.5 Å². The van der Waals surface area contributed by atoms with E-state index in [-0.39, 0.29) is 23.4 Å². The number of halogens is 1. The second-order valence-corrected chi connectivity index (χ2v) is 8.64. The van der Waals surface area contributed by atoms with Crippen LogP contribution in [0.3, 0.4) is 0 Å². The largest absolute Gasteiger partial charge is 0.465 e. The lowest BCUT2D eigenvalue weighted by molar-refractivity contribution is 0.0965. The summed E-state index contributed by atoms with van der Waals surface area (Å²) in [6.07, 6.45) is 2.34. The Kier molecular flexibility index (Phi) is 4.09. The van der Waals surface area contributed by atoms with Gasteiger partial charge in [0, 0.05) is 31.2 Å². The highest BCUT2D eigenvalue weighted by atomic mass is 19.1. The van der Waals surface area contributed by atoms with Crippen molar-refractivity contribution in [3.63, 3.8) is 0 Å². The van der Waals surface area contributed by atoms with Gasteiger partial charge in [0.2, 0.25) is 0 Å². The average molecular weight is 417 g/mol. The number of rotatable bonds is 2. The van der Waals surface area contributed by atoms with Gasteiger partial charge in [0.15, 0.2) is 0 Å². The molecule has 3 aliphatic rings. The van der Waals surface area contributed by atoms with Crippen molar-refractivity contribution in [1.82, 2.24) is 14.1 Å². The van der Waals surface area contributed by atoms with Gasteiger partial charge in [-0.15, -0.1) is 0 Å². The van der Waals surface area contributed by atoms with Gasteiger partial charge >= 0.3 is 11.8 Å². The van der Waals surface area contributed by atoms with Gasteiger partial charge < -0.3 is 20.7 Å². The summed E-state index contributed by atoms with van der Waals surface area (Å²) < 4.78 is 17.3. The smallest absolute Gasteiger partial charge is 0.407 e. The van der Waals surface area contributed by atoms with Crippen LogP contribution in [0, 0.1) is 18.7 Å². The molecule has 2 unspecified atom stereocenters. The number of carbonyl (C=O) groups is 1. The predicted octanol–water partition coefficient (Wildman–Crippen LogP) is 1.24. The molecule has 160 valence electrons. The van der Waals surface area contributed by atoms with E-state index < -0.39 is 23.2 Å². The Balaban J connectivity index is 1.67. The van der Waals surface area contributed by atoms with E-state index in [1.807, 2.05) is 4.90 Å². The molecule has 3 fully saturated rings. The first kappa shape index (κ1) is 19.0. The summed E-state index contributed by atoms with van der Waals surface area (Å²) in [6, 6.07) is 0.933. The molecule has 2 aliphatic heterocycles. The van der Waals surface area contributed by atoms with Gasteiger partial charge in [0.1, 0.15) is 5.82 Å². The van der Waals surface area contributed by atoms with E-state index in [1.54, 1.807) is 6.92 Å². The molecule has 3 N–H and O–H groups in total. The van der Waals surface area contributed by atoms with Crippen molar-refractivity contribution in [3.8, 4) is 0 Å². The fraction of sp³-hybridized carbons (Fsp3) is 0.550. The number of nitrogen functional groups attached to an aromatic ring is 1. The molecule has 2 saturated heterocycles. The maximum atomic E-state index is 15.3. The molecule has 0 spiro atoms. The van der Waals surface area contributed by atoms with Crippen molar-refractivity contribution in [1.29, 1.82) is 0 Å². The number of nitrogens with zero attached hydrogens (tertiary/aromatic N) is 4. The van der Waals surface area contributed by atoms with Crippen molar-refractivity contribution in [2.75, 3.05) is 30.4 Å². The zero-order valence-electron chi connectivity index (χ0n) is 16.7. The Morgan fingerprint density at radius 3 is 2.63 bits per heavy atom. The number of aryl methyl sites for hydroxylation is 1. The van der Waals surface area contributed by atoms with Gasteiger partial charge in [-0.05, 0) is 44.6 Å². The molecule has 0 radical (unpaired) electrons. The number of benzene rings is 1. The second-order valence-electron chi connectivity index (χ2n) is 8.64. The number of anilines is 1. The maximum absolute atomic E-state index is 15.3. The van der Waals surface area contributed by atoms with Gasteiger partial charge in [0.25, 0.3) is 5.56 Å². The van der Waals surface area contributed by atoms with Crippen LogP contribution >= 0.6 is 0 Å². The number of aromatic nitrogens is 2. The number of likely N-dealkylation sites (tertiary alicyclic amines) is 1. The number of hydrogen-bond acceptors (Lipinski definition) is 5. The van der Waals surface area contributed by atoms with E-state index in [2.05, 4.69) is 0 Å². The van der Waals surface area contributed by atoms with Crippen molar-refractivity contribution in [2.24, 2.45) is 5.92 Å². The number of nitrogens with two attached hydrogens (primary N) is 1. The van der Waals surface area contributed by atoms with Gasteiger partial charge in [-0.25, -0.2) is 14.0 Å². The molecule has 1 aromatic heterocycles. The minimum absolute atomic E-state index is 0.0453. The zero-order valence-corrected chi connectivity index (χ0v) is 16.7. The molecule has 3 heterocycles. The Labute approximate surface area is 171 Å². The Hall–Kier alpha value is -3.04. The minimum Gasteiger partial charge on any atom is -0.465 e. The lowest BCUT2D eigenvalue weighted by Gasteiger charge is -2.34. The maximum Gasteiger partial charge on any atom is 0.407 e. The summed E-state index contributed by atoms with van der Waals surface area (Å²) in [5.41, 5.74) is -0.0246. The number of piperidine rings is 1. The van der Waals surface area contributed by atoms with Gasteiger partial charge in [-0.3, -0.25) is 9.36 Å². The molecule has 5 rings (SSSR count). The van der Waals surface area contributed by atoms with Crippen molar-refractivity contribution in [2.45, 2.75) is 44.7 Å². The summed E-state index contributed by atoms with van der Waals surface area (Å²) in [5.74, 6) is 5.25. The Bertz CT molecular complexity index is 1180. The van der Waals surface area contributed by atoms with Gasteiger partial charge in [-0.1, -0.05) is 0 Å². The predicted molar refractivity (Wildman–Crippen MR) is 109 cm³/mol. The SMILES string of the molecule is Cc1c(N2CC3CCCN(C(=O)O)C3C2)c(F)cc2c(=O)n(N)c(=O)n(C3CC3)c12. The lowest BCUT2D eigenvalue weighted by atomic mass is 9.92. The molecular formula is C20H24FN5O4. The third kappa shape index (κ3) is 2.62. The monoisotopic (exact) mass is 417 g/mol. The lowest BCUT2D eigenvalue weighted by Crippen LogP contribution is -2.47. The average Bonchev–Trinajstić information content (AvgIpc) is 3.44. The molecule has 30 heavy (non-hydrogen) atoms. The van der Waals surface area contributed by atoms with Crippen LogP contribution in [0.15, 0.2) is 15.7 Å². The van der Waals surface area contributed by atoms with Crippen molar-refractivity contribution in [3.05, 3.63) is 38.3 Å². The Morgan fingerprint density at radius 1 is 1.23 bits per heavy atom. The molecule has 9 nitrogen and oxygen atoms in total. The summed E-state index contributed by atoms with van der Waals surface area (Å²) in [6.45, 7) is 3.14. The van der Waals surface area contributed by atoms with E-state index in [0.717, 1.165) is 25.7 Å². The quantitative estimate of drug-likeness (QED) is 0.711. The van der Waals surface area contributed by atoms with E-state index in [4.69, 9.17) is 5.84 Å². The summed E-state index contributed by atoms with van der Waals surface area (Å²) >= 11 is 0. The van der Waals surface area contributed by atoms with Crippen LogP contribution in [0.4, 0.5) is 14.9 Å². The van der Waals surface area contributed by atoms with Crippen LogP contribution in [0.2, 0.25) is 0 Å².